The number of rotatable bonds is 4. The number of likely N-dealkylation sites (N-methyl/N-ethyl adjacent to an activating group) is 1. The smallest absolute Gasteiger partial charge is 0.323 e. The molecule has 1 rings (SSSR count). The first-order chi connectivity index (χ1) is 7.17. The number of urea groups is 1. The van der Waals surface area contributed by atoms with Crippen LogP contribution in [0.3, 0.4) is 0 Å². The highest BCUT2D eigenvalue weighted by molar-refractivity contribution is 7.13. The van der Waals surface area contributed by atoms with Gasteiger partial charge in [0.1, 0.15) is 0 Å². The number of nitrogens with zero attached hydrogens (tertiary/aromatic N) is 2. The molecule has 0 aromatic carbocycles. The number of aryl methyl sites for hydroxylation is 1. The second kappa shape index (κ2) is 5.67. The largest absolute Gasteiger partial charge is 0.395 e. The molecule has 0 aliphatic rings. The molecular weight excluding hydrogens is 214 g/mol. The summed E-state index contributed by atoms with van der Waals surface area (Å²) in [6, 6.07) is -0.249. The van der Waals surface area contributed by atoms with Gasteiger partial charge in [0.15, 0.2) is 5.13 Å². The number of hydrogen-bond donors (Lipinski definition) is 2. The van der Waals surface area contributed by atoms with Crippen molar-refractivity contribution < 1.29 is 9.90 Å². The molecule has 15 heavy (non-hydrogen) atoms. The molecule has 84 valence electrons. The lowest BCUT2D eigenvalue weighted by atomic mass is 10.4. The van der Waals surface area contributed by atoms with E-state index in [0.29, 0.717) is 11.7 Å². The SMILES string of the molecule is CCc1csc(NC(=O)N(C)CCO)n1. The lowest BCUT2D eigenvalue weighted by Crippen LogP contribution is -2.33. The predicted molar refractivity (Wildman–Crippen MR) is 60.2 cm³/mol. The van der Waals surface area contributed by atoms with Gasteiger partial charge in [-0.2, -0.15) is 0 Å². The highest BCUT2D eigenvalue weighted by Gasteiger charge is 2.09. The quantitative estimate of drug-likeness (QED) is 0.814. The zero-order valence-corrected chi connectivity index (χ0v) is 9.67. The Labute approximate surface area is 92.7 Å². The molecule has 1 heterocycles. The summed E-state index contributed by atoms with van der Waals surface area (Å²) in [5.74, 6) is 0. The van der Waals surface area contributed by atoms with Crippen LogP contribution in [0.1, 0.15) is 12.6 Å². The third kappa shape index (κ3) is 3.49. The molecule has 1 aromatic heterocycles. The summed E-state index contributed by atoms with van der Waals surface area (Å²) in [5, 5.41) is 13.8. The topological polar surface area (TPSA) is 65.5 Å². The number of amides is 2. The number of nitrogens with one attached hydrogen (secondary N) is 1. The molecule has 0 unspecified atom stereocenters. The van der Waals surface area contributed by atoms with Crippen LogP contribution in [0.2, 0.25) is 0 Å². The Bertz CT molecular complexity index is 327. The van der Waals surface area contributed by atoms with E-state index in [2.05, 4.69) is 10.3 Å². The van der Waals surface area contributed by atoms with E-state index < -0.39 is 0 Å². The minimum atomic E-state index is -0.249. The van der Waals surface area contributed by atoms with Gasteiger partial charge in [0.05, 0.1) is 12.3 Å². The summed E-state index contributed by atoms with van der Waals surface area (Å²) in [5.41, 5.74) is 0.972. The molecule has 0 fully saturated rings. The van der Waals surface area contributed by atoms with Crippen molar-refractivity contribution in [2.75, 3.05) is 25.5 Å². The average Bonchev–Trinajstić information content (AvgIpc) is 2.66. The average molecular weight is 229 g/mol. The zero-order chi connectivity index (χ0) is 11.3. The van der Waals surface area contributed by atoms with Crippen LogP contribution in [0.5, 0.6) is 0 Å². The Morgan fingerprint density at radius 2 is 2.47 bits per heavy atom. The molecule has 2 amide bonds. The number of anilines is 1. The Hall–Kier alpha value is -1.14. The number of hydrogen-bond acceptors (Lipinski definition) is 4. The summed E-state index contributed by atoms with van der Waals surface area (Å²) in [7, 11) is 1.62. The first-order valence-electron chi connectivity index (χ1n) is 4.74. The lowest BCUT2D eigenvalue weighted by Gasteiger charge is -2.14. The molecule has 6 heteroatoms. The van der Waals surface area contributed by atoms with Gasteiger partial charge in [-0.05, 0) is 6.42 Å². The van der Waals surface area contributed by atoms with Gasteiger partial charge in [-0.3, -0.25) is 5.32 Å². The van der Waals surface area contributed by atoms with Gasteiger partial charge in [0.2, 0.25) is 0 Å². The fraction of sp³-hybridized carbons (Fsp3) is 0.556. The van der Waals surface area contributed by atoms with Gasteiger partial charge in [0, 0.05) is 19.0 Å². The van der Waals surface area contributed by atoms with E-state index in [4.69, 9.17) is 5.11 Å². The number of carbonyl (C=O) groups excluding carboxylic acids is 1. The predicted octanol–water partition coefficient (Wildman–Crippen LogP) is 1.16. The molecule has 0 radical (unpaired) electrons. The van der Waals surface area contributed by atoms with Gasteiger partial charge >= 0.3 is 6.03 Å². The molecule has 2 N–H and O–H groups in total. The summed E-state index contributed by atoms with van der Waals surface area (Å²) in [4.78, 5) is 17.1. The van der Waals surface area contributed by atoms with Crippen molar-refractivity contribution >= 4 is 22.5 Å². The first-order valence-corrected chi connectivity index (χ1v) is 5.62. The minimum absolute atomic E-state index is 0.0397. The Morgan fingerprint density at radius 1 is 1.73 bits per heavy atom. The third-order valence-electron chi connectivity index (χ3n) is 1.91. The summed E-state index contributed by atoms with van der Waals surface area (Å²) >= 11 is 1.41. The van der Waals surface area contributed by atoms with Crippen molar-refractivity contribution in [3.8, 4) is 0 Å². The van der Waals surface area contributed by atoms with Crippen molar-refractivity contribution in [3.63, 3.8) is 0 Å². The first kappa shape index (κ1) is 11.9. The van der Waals surface area contributed by atoms with E-state index >= 15 is 0 Å². The van der Waals surface area contributed by atoms with Crippen LogP contribution in [0.25, 0.3) is 0 Å². The minimum Gasteiger partial charge on any atom is -0.395 e. The van der Waals surface area contributed by atoms with Crippen LogP contribution in [-0.4, -0.2) is 41.2 Å². The van der Waals surface area contributed by atoms with E-state index in [-0.39, 0.29) is 12.6 Å². The maximum absolute atomic E-state index is 11.5. The molecule has 0 saturated heterocycles. The maximum atomic E-state index is 11.5. The maximum Gasteiger partial charge on any atom is 0.323 e. The molecule has 0 atom stereocenters. The molecule has 0 aliphatic heterocycles. The van der Waals surface area contributed by atoms with E-state index in [1.165, 1.54) is 16.2 Å². The van der Waals surface area contributed by atoms with Crippen LogP contribution in [0.15, 0.2) is 5.38 Å². The summed E-state index contributed by atoms with van der Waals surface area (Å²) < 4.78 is 0. The van der Waals surface area contributed by atoms with E-state index in [9.17, 15) is 4.79 Å². The van der Waals surface area contributed by atoms with Crippen LogP contribution in [0, 0.1) is 0 Å². The number of aliphatic hydroxyl groups excluding tert-OH is 1. The van der Waals surface area contributed by atoms with Crippen LogP contribution < -0.4 is 5.32 Å². The standard InChI is InChI=1S/C9H15N3O2S/c1-3-7-6-15-8(10-7)11-9(14)12(2)4-5-13/h6,13H,3-5H2,1-2H3,(H,10,11,14). The van der Waals surface area contributed by atoms with Crippen LogP contribution >= 0.6 is 11.3 Å². The highest BCUT2D eigenvalue weighted by atomic mass is 32.1. The fourth-order valence-electron chi connectivity index (χ4n) is 0.965. The summed E-state index contributed by atoms with van der Waals surface area (Å²) in [6.45, 7) is 2.29. The van der Waals surface area contributed by atoms with Crippen molar-refractivity contribution in [2.24, 2.45) is 0 Å². The molecule has 0 spiro atoms. The Kier molecular flexibility index (Phi) is 4.51. The zero-order valence-electron chi connectivity index (χ0n) is 8.86. The van der Waals surface area contributed by atoms with E-state index in [1.54, 1.807) is 7.05 Å². The third-order valence-corrected chi connectivity index (χ3v) is 2.72. The Balaban J connectivity index is 2.50. The molecule has 0 saturated carbocycles. The van der Waals surface area contributed by atoms with E-state index in [1.807, 2.05) is 12.3 Å². The Morgan fingerprint density at radius 3 is 3.00 bits per heavy atom. The molecule has 0 bridgehead atoms. The molecule has 0 aliphatic carbocycles. The van der Waals surface area contributed by atoms with Crippen LogP contribution in [-0.2, 0) is 6.42 Å². The summed E-state index contributed by atoms with van der Waals surface area (Å²) in [6.07, 6.45) is 0.860. The normalized spacial score (nSPS) is 10.1. The van der Waals surface area contributed by atoms with Crippen LogP contribution in [0.4, 0.5) is 9.93 Å². The van der Waals surface area contributed by atoms with Gasteiger partial charge in [-0.1, -0.05) is 6.92 Å². The second-order valence-electron chi connectivity index (χ2n) is 3.07. The fourth-order valence-corrected chi connectivity index (χ4v) is 1.75. The molecular formula is C9H15N3O2S. The second-order valence-corrected chi connectivity index (χ2v) is 3.93. The number of aliphatic hydroxyl groups is 1. The monoisotopic (exact) mass is 229 g/mol. The van der Waals surface area contributed by atoms with Gasteiger partial charge < -0.3 is 10.0 Å². The van der Waals surface area contributed by atoms with Gasteiger partial charge in [0.25, 0.3) is 0 Å². The van der Waals surface area contributed by atoms with Crippen molar-refractivity contribution in [1.82, 2.24) is 9.88 Å². The van der Waals surface area contributed by atoms with Gasteiger partial charge in [-0.25, -0.2) is 9.78 Å². The van der Waals surface area contributed by atoms with Gasteiger partial charge in [-0.15, -0.1) is 11.3 Å². The van der Waals surface area contributed by atoms with Crippen molar-refractivity contribution in [2.45, 2.75) is 13.3 Å². The molecule has 5 nitrogen and oxygen atoms in total. The lowest BCUT2D eigenvalue weighted by molar-refractivity contribution is 0.202. The molecule has 1 aromatic rings. The number of thiazole rings is 1. The number of aromatic nitrogens is 1. The van der Waals surface area contributed by atoms with E-state index in [0.717, 1.165) is 12.1 Å². The van der Waals surface area contributed by atoms with Crippen molar-refractivity contribution in [3.05, 3.63) is 11.1 Å². The van der Waals surface area contributed by atoms with Crippen molar-refractivity contribution in [1.29, 1.82) is 0 Å². The highest BCUT2D eigenvalue weighted by Crippen LogP contribution is 2.15. The number of carbonyl (C=O) groups is 1.